The Hall–Kier alpha value is -0.650. The lowest BCUT2D eigenvalue weighted by Crippen LogP contribution is -2.36. The van der Waals surface area contributed by atoms with Gasteiger partial charge in [-0.25, -0.2) is 4.39 Å². The number of nitrogens with zero attached hydrogens (tertiary/aromatic N) is 1. The molecule has 1 saturated heterocycles. The highest BCUT2D eigenvalue weighted by molar-refractivity contribution is 9.10. The van der Waals surface area contributed by atoms with Crippen molar-refractivity contribution in [2.45, 2.75) is 19.4 Å². The first-order chi connectivity index (χ1) is 8.56. The van der Waals surface area contributed by atoms with Crippen LogP contribution in [0.2, 0.25) is 0 Å². The van der Waals surface area contributed by atoms with Crippen molar-refractivity contribution in [1.29, 1.82) is 0 Å². The van der Waals surface area contributed by atoms with Crippen LogP contribution >= 0.6 is 28.3 Å². The number of hydrogen-bond donors (Lipinski definition) is 1. The minimum atomic E-state index is -0.718. The molecule has 0 spiro atoms. The lowest BCUT2D eigenvalue weighted by Gasteiger charge is -2.30. The highest BCUT2D eigenvalue weighted by atomic mass is 79.9. The van der Waals surface area contributed by atoms with E-state index in [1.807, 2.05) is 6.07 Å². The van der Waals surface area contributed by atoms with Crippen LogP contribution in [0.3, 0.4) is 0 Å². The number of likely N-dealkylation sites (tertiary alicyclic amines) is 1. The first kappa shape index (κ1) is 16.4. The van der Waals surface area contributed by atoms with E-state index >= 15 is 0 Å². The number of carboxylic acid groups (broad SMARTS) is 1. The molecule has 0 saturated carbocycles. The molecule has 1 N–H and O–H groups in total. The zero-order valence-corrected chi connectivity index (χ0v) is 12.7. The van der Waals surface area contributed by atoms with Crippen LogP contribution in [-0.4, -0.2) is 29.1 Å². The maximum absolute atomic E-state index is 13.7. The molecule has 19 heavy (non-hydrogen) atoms. The second-order valence-corrected chi connectivity index (χ2v) is 5.54. The van der Waals surface area contributed by atoms with E-state index in [0.717, 1.165) is 4.47 Å². The van der Waals surface area contributed by atoms with Crippen molar-refractivity contribution in [1.82, 2.24) is 4.90 Å². The predicted octanol–water partition coefficient (Wildman–Crippen LogP) is 3.31. The van der Waals surface area contributed by atoms with Gasteiger partial charge in [0.15, 0.2) is 0 Å². The maximum atomic E-state index is 13.7. The van der Waals surface area contributed by atoms with Gasteiger partial charge in [0.05, 0.1) is 5.92 Å². The molecule has 0 unspecified atom stereocenters. The summed E-state index contributed by atoms with van der Waals surface area (Å²) in [6, 6.07) is 5.05. The van der Waals surface area contributed by atoms with Crippen molar-refractivity contribution in [3.05, 3.63) is 34.1 Å². The fourth-order valence-electron chi connectivity index (χ4n) is 2.23. The highest BCUT2D eigenvalue weighted by Crippen LogP contribution is 2.21. The molecule has 2 rings (SSSR count). The van der Waals surface area contributed by atoms with Gasteiger partial charge in [0.2, 0.25) is 0 Å². The van der Waals surface area contributed by atoms with Gasteiger partial charge in [0.1, 0.15) is 5.82 Å². The average Bonchev–Trinajstić information content (AvgIpc) is 2.33. The number of hydrogen-bond acceptors (Lipinski definition) is 2. The summed E-state index contributed by atoms with van der Waals surface area (Å²) < 4.78 is 14.4. The zero-order chi connectivity index (χ0) is 13.1. The van der Waals surface area contributed by atoms with Crippen LogP contribution in [0.25, 0.3) is 0 Å². The molecule has 0 radical (unpaired) electrons. The van der Waals surface area contributed by atoms with Crippen molar-refractivity contribution in [3.63, 3.8) is 0 Å². The number of rotatable bonds is 3. The second kappa shape index (κ2) is 7.22. The van der Waals surface area contributed by atoms with Gasteiger partial charge in [-0.15, -0.1) is 12.4 Å². The van der Waals surface area contributed by atoms with Crippen LogP contribution in [0.15, 0.2) is 22.7 Å². The lowest BCUT2D eigenvalue weighted by molar-refractivity contribution is -0.143. The second-order valence-electron chi connectivity index (χ2n) is 4.62. The van der Waals surface area contributed by atoms with E-state index in [9.17, 15) is 9.18 Å². The Labute approximate surface area is 126 Å². The van der Waals surface area contributed by atoms with Crippen LogP contribution < -0.4 is 0 Å². The SMILES string of the molecule is Cl.O=C(O)C1CCN(Cc2ccc(Br)cc2F)CC1. The molecule has 0 aromatic heterocycles. The molecule has 1 aliphatic rings. The molecule has 0 amide bonds. The lowest BCUT2D eigenvalue weighted by atomic mass is 9.97. The van der Waals surface area contributed by atoms with E-state index in [-0.39, 0.29) is 24.1 Å². The predicted molar refractivity (Wildman–Crippen MR) is 77.0 cm³/mol. The van der Waals surface area contributed by atoms with Gasteiger partial charge in [-0.2, -0.15) is 0 Å². The standard InChI is InChI=1S/C13H15BrFNO2.ClH/c14-11-2-1-10(12(15)7-11)8-16-5-3-9(4-6-16)13(17)18;/h1-2,7,9H,3-6,8H2,(H,17,18);1H. The fraction of sp³-hybridized carbons (Fsp3) is 0.462. The average molecular weight is 353 g/mol. The number of carboxylic acids is 1. The smallest absolute Gasteiger partial charge is 0.306 e. The largest absolute Gasteiger partial charge is 0.481 e. The van der Waals surface area contributed by atoms with Crippen LogP contribution in [0.1, 0.15) is 18.4 Å². The third kappa shape index (κ3) is 4.44. The van der Waals surface area contributed by atoms with E-state index in [1.54, 1.807) is 6.07 Å². The Bertz CT molecular complexity index is 450. The Morgan fingerprint density at radius 2 is 2.05 bits per heavy atom. The summed E-state index contributed by atoms with van der Waals surface area (Å²) in [6.07, 6.45) is 1.29. The molecule has 106 valence electrons. The molecule has 1 fully saturated rings. The molecular formula is C13H16BrClFNO2. The van der Waals surface area contributed by atoms with Gasteiger partial charge >= 0.3 is 5.97 Å². The van der Waals surface area contributed by atoms with Gasteiger partial charge < -0.3 is 5.11 Å². The Kier molecular flexibility index (Phi) is 6.23. The molecule has 3 nitrogen and oxygen atoms in total. The fourth-order valence-corrected chi connectivity index (χ4v) is 2.56. The molecule has 0 atom stereocenters. The first-order valence-electron chi connectivity index (χ1n) is 5.95. The summed E-state index contributed by atoms with van der Waals surface area (Å²) >= 11 is 3.23. The van der Waals surface area contributed by atoms with Crippen molar-refractivity contribution in [2.24, 2.45) is 5.92 Å². The highest BCUT2D eigenvalue weighted by Gasteiger charge is 2.24. The third-order valence-corrected chi connectivity index (χ3v) is 3.84. The maximum Gasteiger partial charge on any atom is 0.306 e. The van der Waals surface area contributed by atoms with Gasteiger partial charge in [0, 0.05) is 16.6 Å². The first-order valence-corrected chi connectivity index (χ1v) is 6.74. The van der Waals surface area contributed by atoms with Gasteiger partial charge in [0.25, 0.3) is 0 Å². The summed E-state index contributed by atoms with van der Waals surface area (Å²) in [6.45, 7) is 1.98. The number of piperidine rings is 1. The number of halogens is 3. The van der Waals surface area contributed by atoms with E-state index in [2.05, 4.69) is 20.8 Å². The molecule has 0 bridgehead atoms. The van der Waals surface area contributed by atoms with Crippen molar-refractivity contribution in [3.8, 4) is 0 Å². The van der Waals surface area contributed by atoms with Crippen molar-refractivity contribution in [2.75, 3.05) is 13.1 Å². The third-order valence-electron chi connectivity index (χ3n) is 3.35. The molecule has 1 aromatic carbocycles. The summed E-state index contributed by atoms with van der Waals surface area (Å²) in [4.78, 5) is 12.9. The van der Waals surface area contributed by atoms with E-state index in [0.29, 0.717) is 38.0 Å². The molecule has 1 aromatic rings. The summed E-state index contributed by atoms with van der Waals surface area (Å²) in [7, 11) is 0. The quantitative estimate of drug-likeness (QED) is 0.907. The van der Waals surface area contributed by atoms with Crippen LogP contribution in [0.4, 0.5) is 4.39 Å². The minimum Gasteiger partial charge on any atom is -0.481 e. The summed E-state index contributed by atoms with van der Waals surface area (Å²) in [5.41, 5.74) is 0.659. The molecule has 0 aliphatic carbocycles. The number of aliphatic carboxylic acids is 1. The van der Waals surface area contributed by atoms with Crippen molar-refractivity contribution >= 4 is 34.3 Å². The topological polar surface area (TPSA) is 40.5 Å². The van der Waals surface area contributed by atoms with E-state index in [4.69, 9.17) is 5.11 Å². The van der Waals surface area contributed by atoms with Crippen LogP contribution in [-0.2, 0) is 11.3 Å². The minimum absolute atomic E-state index is 0. The van der Waals surface area contributed by atoms with E-state index < -0.39 is 5.97 Å². The Morgan fingerprint density at radius 3 is 2.58 bits per heavy atom. The molecule has 6 heteroatoms. The molecular weight excluding hydrogens is 337 g/mol. The number of carbonyl (C=O) groups is 1. The van der Waals surface area contributed by atoms with Crippen LogP contribution in [0, 0.1) is 11.7 Å². The monoisotopic (exact) mass is 351 g/mol. The van der Waals surface area contributed by atoms with Gasteiger partial charge in [-0.05, 0) is 38.1 Å². The van der Waals surface area contributed by atoms with E-state index in [1.165, 1.54) is 6.07 Å². The zero-order valence-electron chi connectivity index (χ0n) is 10.3. The normalized spacial score (nSPS) is 16.9. The number of benzene rings is 1. The molecule has 1 heterocycles. The Balaban J connectivity index is 0.00000180. The Morgan fingerprint density at radius 1 is 1.42 bits per heavy atom. The molecule has 1 aliphatic heterocycles. The summed E-state index contributed by atoms with van der Waals surface area (Å²) in [5, 5.41) is 8.91. The van der Waals surface area contributed by atoms with Crippen LogP contribution in [0.5, 0.6) is 0 Å². The van der Waals surface area contributed by atoms with Gasteiger partial charge in [-0.1, -0.05) is 22.0 Å². The van der Waals surface area contributed by atoms with Crippen molar-refractivity contribution < 1.29 is 14.3 Å². The van der Waals surface area contributed by atoms with Gasteiger partial charge in [-0.3, -0.25) is 9.69 Å². The summed E-state index contributed by atoms with van der Waals surface area (Å²) in [5.74, 6) is -1.18.